The fourth-order valence-corrected chi connectivity index (χ4v) is 6.59. The van der Waals surface area contributed by atoms with Crippen LogP contribution in [0.15, 0.2) is 9.42 Å². The summed E-state index contributed by atoms with van der Waals surface area (Å²) >= 11 is 1.86. The third-order valence-corrected chi connectivity index (χ3v) is 7.98. The summed E-state index contributed by atoms with van der Waals surface area (Å²) in [4.78, 5) is 2.66. The highest BCUT2D eigenvalue weighted by Crippen LogP contribution is 2.29. The smallest absolute Gasteiger partial charge is 0.248 e. The molecule has 0 aromatic carbocycles. The van der Waals surface area contributed by atoms with Gasteiger partial charge in [0.1, 0.15) is 10.6 Å². The van der Waals surface area contributed by atoms with E-state index in [0.717, 1.165) is 37.6 Å². The van der Waals surface area contributed by atoms with Crippen LogP contribution in [0.4, 0.5) is 0 Å². The highest BCUT2D eigenvalue weighted by Gasteiger charge is 2.37. The molecule has 1 atom stereocenters. The molecule has 0 N–H and O–H groups in total. The van der Waals surface area contributed by atoms with Crippen molar-refractivity contribution in [2.75, 3.05) is 37.7 Å². The van der Waals surface area contributed by atoms with Gasteiger partial charge in [-0.1, -0.05) is 5.16 Å². The molecule has 3 rings (SSSR count). The van der Waals surface area contributed by atoms with E-state index in [-0.39, 0.29) is 10.9 Å². The lowest BCUT2D eigenvalue weighted by Gasteiger charge is -2.31. The van der Waals surface area contributed by atoms with Crippen LogP contribution in [0.3, 0.4) is 0 Å². The summed E-state index contributed by atoms with van der Waals surface area (Å²) in [7, 11) is -3.56. The van der Waals surface area contributed by atoms with E-state index in [9.17, 15) is 8.42 Å². The second-order valence-corrected chi connectivity index (χ2v) is 9.34. The van der Waals surface area contributed by atoms with Gasteiger partial charge in [-0.3, -0.25) is 0 Å². The maximum atomic E-state index is 13.2. The summed E-state index contributed by atoms with van der Waals surface area (Å²) in [6.45, 7) is 6.95. The van der Waals surface area contributed by atoms with Crippen molar-refractivity contribution in [1.82, 2.24) is 14.4 Å². The van der Waals surface area contributed by atoms with Gasteiger partial charge >= 0.3 is 0 Å². The van der Waals surface area contributed by atoms with Gasteiger partial charge in [0.25, 0.3) is 0 Å². The minimum atomic E-state index is -3.56. The minimum absolute atomic E-state index is 0.0271. The summed E-state index contributed by atoms with van der Waals surface area (Å²) in [5.41, 5.74) is 0.458. The predicted octanol–water partition coefficient (Wildman–Crippen LogP) is 1.88. The van der Waals surface area contributed by atoms with Crippen LogP contribution in [0.25, 0.3) is 0 Å². The Bertz CT molecular complexity index is 619. The largest absolute Gasteiger partial charge is 0.360 e. The van der Waals surface area contributed by atoms with Crippen LogP contribution in [-0.2, 0) is 10.0 Å². The molecule has 0 radical (unpaired) electrons. The molecule has 2 aliphatic heterocycles. The van der Waals surface area contributed by atoms with Gasteiger partial charge in [0.2, 0.25) is 10.0 Å². The molecule has 1 aromatic rings. The Morgan fingerprint density at radius 2 is 1.96 bits per heavy atom. The van der Waals surface area contributed by atoms with E-state index in [1.807, 2.05) is 11.8 Å². The Balaban J connectivity index is 1.89. The lowest BCUT2D eigenvalue weighted by atomic mass is 10.3. The van der Waals surface area contributed by atoms with Gasteiger partial charge in [-0.25, -0.2) is 8.42 Å². The van der Waals surface area contributed by atoms with Crippen molar-refractivity contribution in [3.8, 4) is 0 Å². The number of sulfonamides is 1. The maximum Gasteiger partial charge on any atom is 0.248 e. The predicted molar refractivity (Wildman–Crippen MR) is 91.3 cm³/mol. The topological polar surface area (TPSA) is 66.7 Å². The molecular weight excluding hydrogens is 334 g/mol. The SMILES string of the molecule is Cc1noc(C)c1S(=O)(=O)N1CCCSCC1CN1CCCC1. The van der Waals surface area contributed by atoms with Crippen LogP contribution in [0, 0.1) is 13.8 Å². The molecular formula is C15H25N3O3S2. The van der Waals surface area contributed by atoms with E-state index in [1.165, 1.54) is 12.8 Å². The summed E-state index contributed by atoms with van der Waals surface area (Å²) in [5, 5.41) is 3.83. The molecule has 130 valence electrons. The van der Waals surface area contributed by atoms with Crippen molar-refractivity contribution < 1.29 is 12.9 Å². The summed E-state index contributed by atoms with van der Waals surface area (Å²) in [5.74, 6) is 2.27. The number of likely N-dealkylation sites (tertiary alicyclic amines) is 1. The molecule has 0 spiro atoms. The standard InChI is InChI=1S/C15H25N3O3S2/c1-12-15(13(2)21-16-12)23(19,20)18-8-5-9-22-11-14(18)10-17-6-3-4-7-17/h14H,3-11H2,1-2H3. The Morgan fingerprint density at radius 1 is 1.22 bits per heavy atom. The third kappa shape index (κ3) is 3.60. The molecule has 0 bridgehead atoms. The summed E-state index contributed by atoms with van der Waals surface area (Å²) in [6.07, 6.45) is 3.33. The van der Waals surface area contributed by atoms with Gasteiger partial charge in [-0.2, -0.15) is 16.1 Å². The Labute approximate surface area is 142 Å². The van der Waals surface area contributed by atoms with Gasteiger partial charge < -0.3 is 9.42 Å². The Hall–Kier alpha value is -0.570. The van der Waals surface area contributed by atoms with Gasteiger partial charge in [0.05, 0.1) is 0 Å². The van der Waals surface area contributed by atoms with Crippen molar-refractivity contribution in [3.05, 3.63) is 11.5 Å². The second kappa shape index (κ2) is 7.13. The summed E-state index contributed by atoms with van der Waals surface area (Å²) in [6, 6.07) is 0.0271. The molecule has 8 heteroatoms. The first-order valence-electron chi connectivity index (χ1n) is 8.25. The molecule has 2 saturated heterocycles. The van der Waals surface area contributed by atoms with Crippen molar-refractivity contribution >= 4 is 21.8 Å². The molecule has 2 aliphatic rings. The number of aryl methyl sites for hydroxylation is 2. The fraction of sp³-hybridized carbons (Fsp3) is 0.800. The second-order valence-electron chi connectivity index (χ2n) is 6.36. The molecule has 0 saturated carbocycles. The van der Waals surface area contributed by atoms with Crippen LogP contribution >= 0.6 is 11.8 Å². The zero-order valence-corrected chi connectivity index (χ0v) is 15.5. The number of rotatable bonds is 4. The van der Waals surface area contributed by atoms with Crippen LogP contribution < -0.4 is 0 Å². The average molecular weight is 360 g/mol. The molecule has 1 unspecified atom stereocenters. The van der Waals surface area contributed by atoms with E-state index in [1.54, 1.807) is 18.2 Å². The number of thioether (sulfide) groups is 1. The normalized spacial score (nSPS) is 24.9. The molecule has 1 aromatic heterocycles. The van der Waals surface area contributed by atoms with Crippen LogP contribution in [0.5, 0.6) is 0 Å². The van der Waals surface area contributed by atoms with E-state index < -0.39 is 10.0 Å². The van der Waals surface area contributed by atoms with Gasteiger partial charge in [-0.15, -0.1) is 0 Å². The number of hydrogen-bond donors (Lipinski definition) is 0. The first-order valence-corrected chi connectivity index (χ1v) is 10.8. The van der Waals surface area contributed by atoms with Crippen molar-refractivity contribution in [2.45, 2.75) is 44.0 Å². The molecule has 0 aliphatic carbocycles. The third-order valence-electron chi connectivity index (χ3n) is 4.59. The van der Waals surface area contributed by atoms with Crippen LogP contribution in [0.2, 0.25) is 0 Å². The molecule has 2 fully saturated rings. The monoisotopic (exact) mass is 359 g/mol. The van der Waals surface area contributed by atoms with Crippen molar-refractivity contribution in [3.63, 3.8) is 0 Å². The average Bonchev–Trinajstić information content (AvgIpc) is 3.04. The highest BCUT2D eigenvalue weighted by atomic mass is 32.2. The zero-order valence-electron chi connectivity index (χ0n) is 13.8. The van der Waals surface area contributed by atoms with Crippen LogP contribution in [-0.4, -0.2) is 66.5 Å². The quantitative estimate of drug-likeness (QED) is 0.818. The van der Waals surface area contributed by atoms with E-state index in [0.29, 0.717) is 18.0 Å². The van der Waals surface area contributed by atoms with Gasteiger partial charge in [0.15, 0.2) is 5.76 Å². The number of aromatic nitrogens is 1. The Kier molecular flexibility index (Phi) is 5.35. The first kappa shape index (κ1) is 17.3. The summed E-state index contributed by atoms with van der Waals surface area (Å²) < 4.78 is 33.3. The van der Waals surface area contributed by atoms with Crippen molar-refractivity contribution in [2.24, 2.45) is 0 Å². The number of hydrogen-bond acceptors (Lipinski definition) is 6. The lowest BCUT2D eigenvalue weighted by Crippen LogP contribution is -2.47. The maximum absolute atomic E-state index is 13.2. The minimum Gasteiger partial charge on any atom is -0.360 e. The molecule has 0 amide bonds. The first-order chi connectivity index (χ1) is 11.0. The Morgan fingerprint density at radius 3 is 2.61 bits per heavy atom. The zero-order chi connectivity index (χ0) is 16.4. The molecule has 23 heavy (non-hydrogen) atoms. The number of nitrogens with zero attached hydrogens (tertiary/aromatic N) is 3. The van der Waals surface area contributed by atoms with Crippen molar-refractivity contribution in [1.29, 1.82) is 0 Å². The van der Waals surface area contributed by atoms with E-state index in [4.69, 9.17) is 4.52 Å². The highest BCUT2D eigenvalue weighted by molar-refractivity contribution is 7.99. The van der Waals surface area contributed by atoms with Crippen LogP contribution in [0.1, 0.15) is 30.7 Å². The van der Waals surface area contributed by atoms with E-state index >= 15 is 0 Å². The lowest BCUT2D eigenvalue weighted by molar-refractivity contribution is 0.243. The van der Waals surface area contributed by atoms with Gasteiger partial charge in [-0.05, 0) is 52.0 Å². The molecule has 3 heterocycles. The van der Waals surface area contributed by atoms with Gasteiger partial charge in [0, 0.05) is 24.9 Å². The molecule has 6 nitrogen and oxygen atoms in total. The van der Waals surface area contributed by atoms with E-state index in [2.05, 4.69) is 10.1 Å². The fourth-order valence-electron chi connectivity index (χ4n) is 3.49.